The van der Waals surface area contributed by atoms with Crippen LogP contribution < -0.4 is 5.73 Å². The Bertz CT molecular complexity index is 532. The van der Waals surface area contributed by atoms with Gasteiger partial charge in [-0.15, -0.1) is 11.3 Å². The van der Waals surface area contributed by atoms with E-state index in [4.69, 9.17) is 17.3 Å². The van der Waals surface area contributed by atoms with Crippen molar-refractivity contribution in [2.24, 2.45) is 5.73 Å². The molecule has 0 aliphatic carbocycles. The summed E-state index contributed by atoms with van der Waals surface area (Å²) in [6.07, 6.45) is 1.64. The SMILES string of the molecule is CCn1ncc(Cl)c1C(N)c1sc(C)nc1C. The van der Waals surface area contributed by atoms with Crippen LogP contribution in [0.1, 0.15) is 34.2 Å². The summed E-state index contributed by atoms with van der Waals surface area (Å²) in [7, 11) is 0. The number of thiazole rings is 1. The van der Waals surface area contributed by atoms with E-state index < -0.39 is 0 Å². The van der Waals surface area contributed by atoms with Gasteiger partial charge in [0.15, 0.2) is 0 Å². The van der Waals surface area contributed by atoms with Gasteiger partial charge in [-0.05, 0) is 20.8 Å². The van der Waals surface area contributed by atoms with Gasteiger partial charge in [0.2, 0.25) is 0 Å². The van der Waals surface area contributed by atoms with E-state index in [0.29, 0.717) is 5.02 Å². The van der Waals surface area contributed by atoms with Crippen LogP contribution in [0.15, 0.2) is 6.20 Å². The molecule has 4 nitrogen and oxygen atoms in total. The zero-order valence-corrected chi connectivity index (χ0v) is 11.6. The standard InChI is InChI=1S/C11H15ClN4S/c1-4-16-10(8(12)5-14-16)9(13)11-6(2)15-7(3)17-11/h5,9H,4,13H2,1-3H3. The van der Waals surface area contributed by atoms with Crippen LogP contribution in [0.4, 0.5) is 0 Å². The van der Waals surface area contributed by atoms with Gasteiger partial charge in [0.05, 0.1) is 38.5 Å². The summed E-state index contributed by atoms with van der Waals surface area (Å²) in [4.78, 5) is 5.45. The van der Waals surface area contributed by atoms with Crippen molar-refractivity contribution in [3.05, 3.63) is 32.5 Å². The Morgan fingerprint density at radius 2 is 2.24 bits per heavy atom. The summed E-state index contributed by atoms with van der Waals surface area (Å²) in [6, 6.07) is -0.254. The van der Waals surface area contributed by atoms with Crippen LogP contribution >= 0.6 is 22.9 Å². The molecule has 2 heterocycles. The van der Waals surface area contributed by atoms with Crippen molar-refractivity contribution in [3.63, 3.8) is 0 Å². The average Bonchev–Trinajstić information content (AvgIpc) is 2.80. The Hall–Kier alpha value is -0.910. The first-order valence-corrected chi connectivity index (χ1v) is 6.64. The van der Waals surface area contributed by atoms with E-state index in [1.165, 1.54) is 0 Å². The first-order valence-electron chi connectivity index (χ1n) is 5.45. The van der Waals surface area contributed by atoms with Gasteiger partial charge in [0, 0.05) is 6.54 Å². The van der Waals surface area contributed by atoms with Crippen LogP contribution in [0, 0.1) is 13.8 Å². The maximum atomic E-state index is 6.28. The number of rotatable bonds is 3. The molecule has 2 N–H and O–H groups in total. The molecule has 0 aromatic carbocycles. The fourth-order valence-corrected chi connectivity index (χ4v) is 3.08. The molecule has 0 aliphatic heterocycles. The van der Waals surface area contributed by atoms with E-state index in [1.807, 2.05) is 25.5 Å². The normalized spacial score (nSPS) is 13.0. The van der Waals surface area contributed by atoms with Crippen LogP contribution in [0.25, 0.3) is 0 Å². The van der Waals surface area contributed by atoms with Gasteiger partial charge >= 0.3 is 0 Å². The smallest absolute Gasteiger partial charge is 0.0900 e. The fraction of sp³-hybridized carbons (Fsp3) is 0.455. The lowest BCUT2D eigenvalue weighted by atomic mass is 10.1. The summed E-state index contributed by atoms with van der Waals surface area (Å²) in [5.74, 6) is 0. The molecular formula is C11H15ClN4S. The van der Waals surface area contributed by atoms with Gasteiger partial charge in [-0.2, -0.15) is 5.10 Å². The molecule has 0 fully saturated rings. The quantitative estimate of drug-likeness (QED) is 0.933. The molecule has 0 aliphatic rings. The monoisotopic (exact) mass is 270 g/mol. The van der Waals surface area contributed by atoms with Crippen LogP contribution in [-0.4, -0.2) is 14.8 Å². The van der Waals surface area contributed by atoms with E-state index >= 15 is 0 Å². The highest BCUT2D eigenvalue weighted by Crippen LogP contribution is 2.31. The highest BCUT2D eigenvalue weighted by molar-refractivity contribution is 7.11. The summed E-state index contributed by atoms with van der Waals surface area (Å²) in [6.45, 7) is 6.72. The summed E-state index contributed by atoms with van der Waals surface area (Å²) in [5, 5.41) is 5.84. The molecule has 0 amide bonds. The molecular weight excluding hydrogens is 256 g/mol. The second-order valence-electron chi connectivity index (χ2n) is 3.85. The van der Waals surface area contributed by atoms with Crippen molar-refractivity contribution in [3.8, 4) is 0 Å². The second kappa shape index (κ2) is 4.76. The number of halogens is 1. The first kappa shape index (κ1) is 12.5. The molecule has 6 heteroatoms. The summed E-state index contributed by atoms with van der Waals surface area (Å²) in [5.41, 5.74) is 8.11. The van der Waals surface area contributed by atoms with Gasteiger partial charge in [0.25, 0.3) is 0 Å². The molecule has 0 saturated heterocycles. The molecule has 2 aromatic heterocycles. The van der Waals surface area contributed by atoms with E-state index in [0.717, 1.165) is 27.8 Å². The second-order valence-corrected chi connectivity index (χ2v) is 5.50. The van der Waals surface area contributed by atoms with Crippen LogP contribution in [0.3, 0.4) is 0 Å². The third-order valence-corrected chi connectivity index (χ3v) is 4.10. The predicted octanol–water partition coefficient (Wildman–Crippen LogP) is 2.68. The molecule has 2 rings (SSSR count). The Kier molecular flexibility index (Phi) is 3.51. The molecule has 1 unspecified atom stereocenters. The number of nitrogens with two attached hydrogens (primary N) is 1. The van der Waals surface area contributed by atoms with Crippen LogP contribution in [0.5, 0.6) is 0 Å². The summed E-state index contributed by atoms with van der Waals surface area (Å²) >= 11 is 7.76. The fourth-order valence-electron chi connectivity index (χ4n) is 1.89. The molecule has 17 heavy (non-hydrogen) atoms. The minimum absolute atomic E-state index is 0.254. The van der Waals surface area contributed by atoms with Crippen molar-refractivity contribution in [2.45, 2.75) is 33.4 Å². The number of nitrogens with zero attached hydrogens (tertiary/aromatic N) is 3. The lowest BCUT2D eigenvalue weighted by Crippen LogP contribution is -2.17. The van der Waals surface area contributed by atoms with E-state index in [9.17, 15) is 0 Å². The Morgan fingerprint density at radius 1 is 1.53 bits per heavy atom. The topological polar surface area (TPSA) is 56.7 Å². The molecule has 1 atom stereocenters. The zero-order chi connectivity index (χ0) is 12.6. The Morgan fingerprint density at radius 3 is 2.76 bits per heavy atom. The highest BCUT2D eigenvalue weighted by Gasteiger charge is 2.21. The van der Waals surface area contributed by atoms with Gasteiger partial charge in [-0.3, -0.25) is 4.68 Å². The van der Waals surface area contributed by atoms with Crippen molar-refractivity contribution < 1.29 is 0 Å². The number of hydrogen-bond acceptors (Lipinski definition) is 4. The van der Waals surface area contributed by atoms with Crippen molar-refractivity contribution >= 4 is 22.9 Å². The first-order chi connectivity index (χ1) is 8.04. The number of aryl methyl sites for hydroxylation is 3. The van der Waals surface area contributed by atoms with Crippen molar-refractivity contribution in [2.75, 3.05) is 0 Å². The predicted molar refractivity (Wildman–Crippen MR) is 70.5 cm³/mol. The van der Waals surface area contributed by atoms with Crippen LogP contribution in [-0.2, 0) is 6.54 Å². The molecule has 0 bridgehead atoms. The van der Waals surface area contributed by atoms with Gasteiger partial charge in [0.1, 0.15) is 0 Å². The Labute approximate surface area is 109 Å². The lowest BCUT2D eigenvalue weighted by Gasteiger charge is -2.13. The molecule has 0 saturated carbocycles. The molecule has 0 radical (unpaired) electrons. The highest BCUT2D eigenvalue weighted by atomic mass is 35.5. The molecule has 2 aromatic rings. The molecule has 0 spiro atoms. The maximum absolute atomic E-state index is 6.28. The minimum atomic E-state index is -0.254. The number of aromatic nitrogens is 3. The van der Waals surface area contributed by atoms with Crippen molar-refractivity contribution in [1.29, 1.82) is 0 Å². The van der Waals surface area contributed by atoms with Gasteiger partial charge < -0.3 is 5.73 Å². The minimum Gasteiger partial charge on any atom is -0.318 e. The van der Waals surface area contributed by atoms with Gasteiger partial charge in [-0.1, -0.05) is 11.6 Å². The molecule has 92 valence electrons. The van der Waals surface area contributed by atoms with E-state index in [2.05, 4.69) is 10.1 Å². The lowest BCUT2D eigenvalue weighted by molar-refractivity contribution is 0.602. The summed E-state index contributed by atoms with van der Waals surface area (Å²) < 4.78 is 1.83. The van der Waals surface area contributed by atoms with E-state index in [1.54, 1.807) is 17.5 Å². The third kappa shape index (κ3) is 2.22. The Balaban J connectivity index is 2.46. The zero-order valence-electron chi connectivity index (χ0n) is 10.1. The van der Waals surface area contributed by atoms with Crippen molar-refractivity contribution in [1.82, 2.24) is 14.8 Å². The van der Waals surface area contributed by atoms with Gasteiger partial charge in [-0.25, -0.2) is 4.98 Å². The van der Waals surface area contributed by atoms with Crippen LogP contribution in [0.2, 0.25) is 5.02 Å². The maximum Gasteiger partial charge on any atom is 0.0900 e. The largest absolute Gasteiger partial charge is 0.318 e. The third-order valence-electron chi connectivity index (χ3n) is 2.65. The number of hydrogen-bond donors (Lipinski definition) is 1. The van der Waals surface area contributed by atoms with E-state index in [-0.39, 0.29) is 6.04 Å². The average molecular weight is 271 g/mol.